The van der Waals surface area contributed by atoms with Crippen molar-refractivity contribution in [2.75, 3.05) is 11.9 Å². The number of alkyl halides is 1. The van der Waals surface area contributed by atoms with Crippen molar-refractivity contribution in [2.24, 2.45) is 5.92 Å². The van der Waals surface area contributed by atoms with E-state index >= 15 is 0 Å². The quantitative estimate of drug-likeness (QED) is 0.432. The molecule has 1 aliphatic rings. The molecule has 3 heterocycles. The van der Waals surface area contributed by atoms with Crippen molar-refractivity contribution < 1.29 is 29.2 Å². The highest BCUT2D eigenvalue weighted by Gasteiger charge is 2.46. The van der Waals surface area contributed by atoms with E-state index in [1.165, 1.54) is 0 Å². The van der Waals surface area contributed by atoms with Crippen molar-refractivity contribution >= 4 is 23.0 Å². The zero-order valence-electron chi connectivity index (χ0n) is 14.5. The SMILES string of the molecule is CC(C)C(=O)Nc1nc2c(ncn2[C@@H]2O[C@H](CO)C(F)C(O)C2O)c(=O)[nH]1. The molecule has 0 bridgehead atoms. The van der Waals surface area contributed by atoms with Gasteiger partial charge >= 0.3 is 0 Å². The minimum atomic E-state index is -1.99. The van der Waals surface area contributed by atoms with Gasteiger partial charge in [-0.2, -0.15) is 4.98 Å². The minimum Gasteiger partial charge on any atom is -0.394 e. The smallest absolute Gasteiger partial charge is 0.280 e. The Labute approximate surface area is 151 Å². The molecule has 0 aromatic carbocycles. The molecule has 1 fully saturated rings. The molecule has 1 saturated heterocycles. The number of anilines is 1. The summed E-state index contributed by atoms with van der Waals surface area (Å²) >= 11 is 0. The second-order valence-corrected chi connectivity index (χ2v) is 6.56. The largest absolute Gasteiger partial charge is 0.394 e. The number of carbonyl (C=O) groups excluding carboxylic acids is 1. The predicted molar refractivity (Wildman–Crippen MR) is 89.5 cm³/mol. The summed E-state index contributed by atoms with van der Waals surface area (Å²) in [4.78, 5) is 34.4. The summed E-state index contributed by atoms with van der Waals surface area (Å²) in [6.07, 6.45) is -7.11. The fourth-order valence-electron chi connectivity index (χ4n) is 2.72. The average molecular weight is 385 g/mol. The van der Waals surface area contributed by atoms with Gasteiger partial charge in [0.15, 0.2) is 23.6 Å². The van der Waals surface area contributed by atoms with E-state index in [1.807, 2.05) is 0 Å². The molecule has 1 amide bonds. The number of aromatic nitrogens is 4. The van der Waals surface area contributed by atoms with Gasteiger partial charge in [-0.05, 0) is 0 Å². The summed E-state index contributed by atoms with van der Waals surface area (Å²) in [7, 11) is 0. The van der Waals surface area contributed by atoms with Crippen LogP contribution in [-0.4, -0.2) is 71.8 Å². The van der Waals surface area contributed by atoms with Crippen LogP contribution in [0.15, 0.2) is 11.1 Å². The summed E-state index contributed by atoms with van der Waals surface area (Å²) in [5, 5.41) is 31.7. The van der Waals surface area contributed by atoms with Gasteiger partial charge in [-0.1, -0.05) is 13.8 Å². The van der Waals surface area contributed by atoms with Gasteiger partial charge in [-0.25, -0.2) is 9.37 Å². The lowest BCUT2D eigenvalue weighted by Crippen LogP contribution is -2.54. The van der Waals surface area contributed by atoms with Gasteiger partial charge in [0.2, 0.25) is 11.9 Å². The monoisotopic (exact) mass is 385 g/mol. The Morgan fingerprint density at radius 3 is 2.78 bits per heavy atom. The first-order valence-corrected chi connectivity index (χ1v) is 8.28. The van der Waals surface area contributed by atoms with Gasteiger partial charge in [-0.3, -0.25) is 24.5 Å². The highest BCUT2D eigenvalue weighted by Crippen LogP contribution is 2.31. The third kappa shape index (κ3) is 3.43. The molecule has 2 aromatic rings. The molecule has 12 heteroatoms. The molecule has 11 nitrogen and oxygen atoms in total. The molecule has 148 valence electrons. The van der Waals surface area contributed by atoms with Crippen molar-refractivity contribution in [2.45, 2.75) is 44.6 Å². The average Bonchev–Trinajstić information content (AvgIpc) is 3.04. The molecular formula is C15H20FN5O6. The van der Waals surface area contributed by atoms with E-state index in [4.69, 9.17) is 4.74 Å². The number of H-pyrrole nitrogens is 1. The number of aliphatic hydroxyl groups excluding tert-OH is 3. The van der Waals surface area contributed by atoms with E-state index in [0.717, 1.165) is 10.9 Å². The number of fused-ring (bicyclic) bond motifs is 1. The third-order valence-corrected chi connectivity index (χ3v) is 4.29. The molecule has 0 saturated carbocycles. The van der Waals surface area contributed by atoms with E-state index in [9.17, 15) is 29.3 Å². The van der Waals surface area contributed by atoms with E-state index in [0.29, 0.717) is 0 Å². The lowest BCUT2D eigenvalue weighted by Gasteiger charge is -2.39. The number of aliphatic hydroxyl groups is 3. The molecule has 27 heavy (non-hydrogen) atoms. The lowest BCUT2D eigenvalue weighted by molar-refractivity contribution is -0.234. The normalized spacial score (nSPS) is 28.6. The Hall–Kier alpha value is -2.41. The van der Waals surface area contributed by atoms with Crippen LogP contribution < -0.4 is 10.9 Å². The van der Waals surface area contributed by atoms with Gasteiger partial charge in [0.05, 0.1) is 12.9 Å². The summed E-state index contributed by atoms with van der Waals surface area (Å²) in [6, 6.07) is 0. The molecule has 3 rings (SSSR count). The second-order valence-electron chi connectivity index (χ2n) is 6.56. The van der Waals surface area contributed by atoms with Crippen molar-refractivity contribution in [3.63, 3.8) is 0 Å². The number of nitrogens with one attached hydrogen (secondary N) is 2. The first-order chi connectivity index (χ1) is 12.7. The van der Waals surface area contributed by atoms with Crippen LogP contribution in [0.1, 0.15) is 20.1 Å². The van der Waals surface area contributed by atoms with Crippen molar-refractivity contribution in [1.29, 1.82) is 0 Å². The molecule has 2 aromatic heterocycles. The molecule has 3 unspecified atom stereocenters. The Bertz CT molecular complexity index is 896. The zero-order chi connectivity index (χ0) is 19.9. The number of halogens is 1. The first-order valence-electron chi connectivity index (χ1n) is 8.28. The van der Waals surface area contributed by atoms with Crippen LogP contribution in [0.5, 0.6) is 0 Å². The lowest BCUT2D eigenvalue weighted by atomic mass is 9.99. The van der Waals surface area contributed by atoms with Gasteiger partial charge < -0.3 is 20.1 Å². The molecule has 0 radical (unpaired) electrons. The Morgan fingerprint density at radius 1 is 1.44 bits per heavy atom. The third-order valence-electron chi connectivity index (χ3n) is 4.29. The number of imidazole rings is 1. The number of rotatable bonds is 4. The van der Waals surface area contributed by atoms with Crippen LogP contribution in [0, 0.1) is 5.92 Å². The molecule has 5 N–H and O–H groups in total. The zero-order valence-corrected chi connectivity index (χ0v) is 14.5. The van der Waals surface area contributed by atoms with Crippen LogP contribution >= 0.6 is 0 Å². The van der Waals surface area contributed by atoms with Gasteiger partial charge in [0, 0.05) is 5.92 Å². The molecular weight excluding hydrogens is 365 g/mol. The minimum absolute atomic E-state index is 0.0527. The molecule has 0 spiro atoms. The van der Waals surface area contributed by atoms with E-state index in [2.05, 4.69) is 20.3 Å². The number of nitrogens with zero attached hydrogens (tertiary/aromatic N) is 3. The van der Waals surface area contributed by atoms with Gasteiger partial charge in [0.1, 0.15) is 18.3 Å². The van der Waals surface area contributed by atoms with Crippen molar-refractivity contribution in [3.8, 4) is 0 Å². The van der Waals surface area contributed by atoms with Crippen molar-refractivity contribution in [1.82, 2.24) is 19.5 Å². The van der Waals surface area contributed by atoms with Crippen molar-refractivity contribution in [3.05, 3.63) is 16.7 Å². The first kappa shape index (κ1) is 19.4. The fraction of sp³-hybridized carbons (Fsp3) is 0.600. The second kappa shape index (κ2) is 7.31. The maximum absolute atomic E-state index is 13.9. The van der Waals surface area contributed by atoms with E-state index < -0.39 is 42.9 Å². The summed E-state index contributed by atoms with van der Waals surface area (Å²) < 4.78 is 20.4. The van der Waals surface area contributed by atoms with Crippen LogP contribution in [0.3, 0.4) is 0 Å². The highest BCUT2D eigenvalue weighted by molar-refractivity contribution is 5.91. The molecule has 1 aliphatic heterocycles. The maximum atomic E-state index is 13.9. The Morgan fingerprint density at radius 2 is 2.15 bits per heavy atom. The molecule has 5 atom stereocenters. The number of hydrogen-bond donors (Lipinski definition) is 5. The topological polar surface area (TPSA) is 163 Å². The Balaban J connectivity index is 2.03. The predicted octanol–water partition coefficient (Wildman–Crippen LogP) is -1.34. The van der Waals surface area contributed by atoms with Crippen LogP contribution in [0.25, 0.3) is 11.2 Å². The number of carbonyl (C=O) groups is 1. The van der Waals surface area contributed by atoms with Crippen LogP contribution in [0.2, 0.25) is 0 Å². The Kier molecular flexibility index (Phi) is 5.24. The number of amides is 1. The van der Waals surface area contributed by atoms with E-state index in [-0.39, 0.29) is 28.9 Å². The standard InChI is InChI=1S/C15H20FN5O6/c1-5(2)12(25)19-15-18-11-8(13(26)20-15)17-4-21(11)14-10(24)9(23)7(16)6(3-22)27-14/h4-7,9-10,14,22-24H,3H2,1-2H3,(H2,18,19,20,25,26)/t6-,7?,9?,10?,14-/m1/s1. The summed E-state index contributed by atoms with van der Waals surface area (Å²) in [5.41, 5.74) is -0.806. The maximum Gasteiger partial charge on any atom is 0.280 e. The summed E-state index contributed by atoms with van der Waals surface area (Å²) in [5.74, 6) is -0.879. The van der Waals surface area contributed by atoms with Crippen LogP contribution in [-0.2, 0) is 9.53 Å². The number of aromatic amines is 1. The fourth-order valence-corrected chi connectivity index (χ4v) is 2.72. The van der Waals surface area contributed by atoms with Crippen LogP contribution in [0.4, 0.5) is 10.3 Å². The highest BCUT2D eigenvalue weighted by atomic mass is 19.1. The number of hydrogen-bond acceptors (Lipinski definition) is 8. The van der Waals surface area contributed by atoms with E-state index in [1.54, 1.807) is 13.8 Å². The van der Waals surface area contributed by atoms with Gasteiger partial charge in [-0.15, -0.1) is 0 Å². The number of ether oxygens (including phenoxy) is 1. The molecule has 0 aliphatic carbocycles. The summed E-state index contributed by atoms with van der Waals surface area (Å²) in [6.45, 7) is 2.59. The van der Waals surface area contributed by atoms with Gasteiger partial charge in [0.25, 0.3) is 5.56 Å².